The molecule has 0 bridgehead atoms. The highest BCUT2D eigenvalue weighted by atomic mass is 19.3. The number of rotatable bonds is 7. The van der Waals surface area contributed by atoms with Crippen molar-refractivity contribution in [3.05, 3.63) is 71.3 Å². The van der Waals surface area contributed by atoms with Crippen LogP contribution in [0.5, 0.6) is 11.5 Å². The van der Waals surface area contributed by atoms with Crippen molar-refractivity contribution >= 4 is 17.7 Å². The number of carbonyl (C=O) groups is 2. The number of hydrogen-bond acceptors (Lipinski definition) is 5. The average Bonchev–Trinajstić information content (AvgIpc) is 3.70. The van der Waals surface area contributed by atoms with Crippen LogP contribution in [0.25, 0.3) is 11.3 Å². The lowest BCUT2D eigenvalue weighted by Gasteiger charge is -2.38. The van der Waals surface area contributed by atoms with Gasteiger partial charge in [-0.2, -0.15) is 0 Å². The molecule has 0 radical (unpaired) electrons. The Labute approximate surface area is 243 Å². The van der Waals surface area contributed by atoms with Crippen LogP contribution in [0.1, 0.15) is 80.3 Å². The summed E-state index contributed by atoms with van der Waals surface area (Å²) in [6, 6.07) is 15.0. The summed E-state index contributed by atoms with van der Waals surface area (Å²) in [5.41, 5.74) is 2.25. The molecular formula is C33H34F2N2O5. The van der Waals surface area contributed by atoms with Crippen molar-refractivity contribution < 1.29 is 33.0 Å². The molecule has 2 aromatic carbocycles. The van der Waals surface area contributed by atoms with Crippen LogP contribution in [0.4, 0.5) is 14.6 Å². The molecule has 3 aromatic rings. The normalized spacial score (nSPS) is 23.4. The zero-order valence-corrected chi connectivity index (χ0v) is 23.8. The van der Waals surface area contributed by atoms with Gasteiger partial charge in [0.1, 0.15) is 5.82 Å². The van der Waals surface area contributed by atoms with E-state index in [-0.39, 0.29) is 28.9 Å². The smallest absolute Gasteiger partial charge is 0.478 e. The van der Waals surface area contributed by atoms with Crippen LogP contribution in [0, 0.1) is 17.8 Å². The predicted octanol–water partition coefficient (Wildman–Crippen LogP) is 7.61. The number of aromatic carboxylic acids is 1. The molecule has 42 heavy (non-hydrogen) atoms. The first kappa shape index (κ1) is 28.1. The number of pyridine rings is 1. The van der Waals surface area contributed by atoms with Gasteiger partial charge in [0, 0.05) is 5.56 Å². The topological polar surface area (TPSA) is 97.8 Å². The lowest BCUT2D eigenvalue weighted by molar-refractivity contribution is -0.286. The first-order valence-electron chi connectivity index (χ1n) is 14.5. The number of carboxylic acid groups (broad SMARTS) is 1. The second-order valence-corrected chi connectivity index (χ2v) is 12.3. The Kier molecular flexibility index (Phi) is 6.94. The molecule has 2 fully saturated rings. The van der Waals surface area contributed by atoms with Crippen LogP contribution in [0.3, 0.4) is 0 Å². The Balaban J connectivity index is 1.35. The van der Waals surface area contributed by atoms with Crippen LogP contribution >= 0.6 is 0 Å². The number of carboxylic acids is 1. The van der Waals surface area contributed by atoms with Gasteiger partial charge in [-0.25, -0.2) is 9.78 Å². The van der Waals surface area contributed by atoms with Crippen molar-refractivity contribution in [1.82, 2.24) is 4.98 Å². The number of benzene rings is 2. The number of ether oxygens (including phenoxy) is 2. The summed E-state index contributed by atoms with van der Waals surface area (Å²) in [4.78, 5) is 30.3. The Morgan fingerprint density at radius 3 is 2.50 bits per heavy atom. The van der Waals surface area contributed by atoms with E-state index in [0.29, 0.717) is 53.2 Å². The highest BCUT2D eigenvalue weighted by Crippen LogP contribution is 2.52. The van der Waals surface area contributed by atoms with E-state index >= 15 is 0 Å². The van der Waals surface area contributed by atoms with Crippen LogP contribution in [-0.2, 0) is 10.2 Å². The van der Waals surface area contributed by atoms with Gasteiger partial charge in [-0.05, 0) is 90.8 Å². The SMILES string of the molecule is CC1CCC(C(C)C)C(c2ccc(NC(=O)C3(c4ccc5c(c4)OC(F)(F)O5)CC3)nc2-c2cccc(C(=O)O)c2)C1. The van der Waals surface area contributed by atoms with Crippen LogP contribution in [0.15, 0.2) is 54.6 Å². The van der Waals surface area contributed by atoms with Crippen molar-refractivity contribution in [2.24, 2.45) is 17.8 Å². The molecule has 6 rings (SSSR count). The van der Waals surface area contributed by atoms with Gasteiger partial charge in [0.2, 0.25) is 5.91 Å². The van der Waals surface area contributed by atoms with Crippen LogP contribution in [-0.4, -0.2) is 28.3 Å². The van der Waals surface area contributed by atoms with E-state index in [1.165, 1.54) is 18.6 Å². The minimum atomic E-state index is -3.73. The van der Waals surface area contributed by atoms with Crippen molar-refractivity contribution in [1.29, 1.82) is 0 Å². The van der Waals surface area contributed by atoms with Crippen molar-refractivity contribution in [2.45, 2.75) is 70.5 Å². The monoisotopic (exact) mass is 576 g/mol. The van der Waals surface area contributed by atoms with E-state index in [1.807, 2.05) is 18.2 Å². The Hall–Kier alpha value is -4.01. The summed E-state index contributed by atoms with van der Waals surface area (Å²) in [6.45, 7) is 6.75. The van der Waals surface area contributed by atoms with Gasteiger partial charge in [0.15, 0.2) is 11.5 Å². The van der Waals surface area contributed by atoms with Crippen LogP contribution in [0.2, 0.25) is 0 Å². The van der Waals surface area contributed by atoms with E-state index in [9.17, 15) is 23.5 Å². The van der Waals surface area contributed by atoms with E-state index in [4.69, 9.17) is 4.98 Å². The molecule has 1 amide bonds. The predicted molar refractivity (Wildman–Crippen MR) is 153 cm³/mol. The van der Waals surface area contributed by atoms with Crippen molar-refractivity contribution in [3.63, 3.8) is 0 Å². The molecule has 220 valence electrons. The fourth-order valence-corrected chi connectivity index (χ4v) is 6.68. The highest BCUT2D eigenvalue weighted by molar-refractivity contribution is 6.01. The quantitative estimate of drug-likeness (QED) is 0.300. The zero-order chi connectivity index (χ0) is 29.8. The summed E-state index contributed by atoms with van der Waals surface area (Å²) < 4.78 is 36.2. The number of halogens is 2. The fourth-order valence-electron chi connectivity index (χ4n) is 6.68. The second kappa shape index (κ2) is 10.4. The number of anilines is 1. The van der Waals surface area contributed by atoms with Gasteiger partial charge >= 0.3 is 12.3 Å². The Morgan fingerprint density at radius 2 is 1.79 bits per heavy atom. The summed E-state index contributed by atoms with van der Waals surface area (Å²) >= 11 is 0. The molecule has 0 saturated heterocycles. The summed E-state index contributed by atoms with van der Waals surface area (Å²) in [6.07, 6.45) is 0.663. The van der Waals surface area contributed by atoms with E-state index in [2.05, 4.69) is 35.6 Å². The third kappa shape index (κ3) is 5.21. The third-order valence-corrected chi connectivity index (χ3v) is 9.11. The average molecular weight is 577 g/mol. The van der Waals surface area contributed by atoms with Gasteiger partial charge in [-0.3, -0.25) is 4.79 Å². The van der Waals surface area contributed by atoms with Gasteiger partial charge in [0.05, 0.1) is 16.7 Å². The highest BCUT2D eigenvalue weighted by Gasteiger charge is 2.53. The number of fused-ring (bicyclic) bond motifs is 1. The lowest BCUT2D eigenvalue weighted by Crippen LogP contribution is -2.29. The molecule has 1 aliphatic heterocycles. The molecule has 9 heteroatoms. The first-order valence-corrected chi connectivity index (χ1v) is 14.5. The Morgan fingerprint density at radius 1 is 1.02 bits per heavy atom. The molecule has 7 nitrogen and oxygen atoms in total. The van der Waals surface area contributed by atoms with Gasteiger partial charge in [-0.15, -0.1) is 8.78 Å². The summed E-state index contributed by atoms with van der Waals surface area (Å²) in [5, 5.41) is 12.6. The number of aromatic nitrogens is 1. The summed E-state index contributed by atoms with van der Waals surface area (Å²) in [7, 11) is 0. The van der Waals surface area contributed by atoms with Gasteiger partial charge < -0.3 is 19.9 Å². The Bertz CT molecular complexity index is 1550. The molecule has 2 saturated carbocycles. The second-order valence-electron chi connectivity index (χ2n) is 12.3. The maximum atomic E-state index is 13.6. The third-order valence-electron chi connectivity index (χ3n) is 9.11. The van der Waals surface area contributed by atoms with Gasteiger partial charge in [0.25, 0.3) is 0 Å². The van der Waals surface area contributed by atoms with E-state index in [0.717, 1.165) is 18.4 Å². The molecule has 2 aliphatic carbocycles. The number of carbonyl (C=O) groups excluding carboxylic acids is 1. The molecule has 3 aliphatic rings. The lowest BCUT2D eigenvalue weighted by atomic mass is 9.67. The molecule has 3 unspecified atom stereocenters. The van der Waals surface area contributed by atoms with E-state index in [1.54, 1.807) is 24.3 Å². The molecule has 2 N–H and O–H groups in total. The minimum Gasteiger partial charge on any atom is -0.478 e. The molecule has 1 aromatic heterocycles. The van der Waals surface area contributed by atoms with Crippen molar-refractivity contribution in [3.8, 4) is 22.8 Å². The maximum Gasteiger partial charge on any atom is 0.586 e. The number of nitrogens with zero attached hydrogens (tertiary/aromatic N) is 1. The zero-order valence-electron chi connectivity index (χ0n) is 23.8. The molecule has 2 heterocycles. The fraction of sp³-hybridized carbons (Fsp3) is 0.424. The molecular weight excluding hydrogens is 542 g/mol. The largest absolute Gasteiger partial charge is 0.586 e. The molecule has 0 spiro atoms. The summed E-state index contributed by atoms with van der Waals surface area (Å²) in [5.74, 6) is 0.604. The number of alkyl halides is 2. The van der Waals surface area contributed by atoms with Crippen molar-refractivity contribution in [2.75, 3.05) is 5.32 Å². The maximum absolute atomic E-state index is 13.6. The van der Waals surface area contributed by atoms with Crippen LogP contribution < -0.4 is 14.8 Å². The number of nitrogens with one attached hydrogen (secondary N) is 1. The first-order chi connectivity index (χ1) is 20.0. The minimum absolute atomic E-state index is 0.0674. The van der Waals surface area contributed by atoms with E-state index < -0.39 is 17.7 Å². The standard InChI is InChI=1S/C33H34F2N2O5/c1-18(2)23-9-7-19(3)15-25(23)24-10-12-28(36-29(24)20-5-4-6-21(16-20)30(38)39)37-31(40)32(13-14-32)22-8-11-26-27(17-22)42-33(34,35)41-26/h4-6,8,10-12,16-19,23,25H,7,9,13-15H2,1-3H3,(H,38,39)(H,36,37,40). The van der Waals surface area contributed by atoms with Gasteiger partial charge in [-0.1, -0.05) is 51.5 Å². The number of hydrogen-bond donors (Lipinski definition) is 2. The molecule has 3 atom stereocenters. The number of amides is 1.